The molecule has 2 nitrogen and oxygen atoms in total. The molecule has 1 rings (SSSR count). The van der Waals surface area contributed by atoms with Gasteiger partial charge in [-0.05, 0) is 50.9 Å². The van der Waals surface area contributed by atoms with E-state index in [0.29, 0.717) is 5.41 Å². The van der Waals surface area contributed by atoms with Gasteiger partial charge in [-0.15, -0.1) is 0 Å². The third-order valence-corrected chi connectivity index (χ3v) is 3.87. The number of hydrogen-bond donors (Lipinski definition) is 1. The zero-order chi connectivity index (χ0) is 11.3. The second kappa shape index (κ2) is 5.86. The first-order valence-electron chi connectivity index (χ1n) is 6.42. The third-order valence-electron chi connectivity index (χ3n) is 3.87. The average Bonchev–Trinajstić information content (AvgIpc) is 2.13. The molecule has 90 valence electrons. The smallest absolute Gasteiger partial charge is 0.00162 e. The quantitative estimate of drug-likeness (QED) is 0.702. The van der Waals surface area contributed by atoms with E-state index in [2.05, 4.69) is 25.8 Å². The number of nitrogens with two attached hydrogens (primary N) is 1. The van der Waals surface area contributed by atoms with E-state index in [-0.39, 0.29) is 0 Å². The monoisotopic (exact) mass is 212 g/mol. The van der Waals surface area contributed by atoms with Crippen LogP contribution in [-0.4, -0.2) is 31.6 Å². The van der Waals surface area contributed by atoms with Crippen molar-refractivity contribution in [3.8, 4) is 0 Å². The van der Waals surface area contributed by atoms with E-state index in [1.54, 1.807) is 0 Å². The Morgan fingerprint density at radius 1 is 1.27 bits per heavy atom. The molecule has 0 bridgehead atoms. The summed E-state index contributed by atoms with van der Waals surface area (Å²) in [7, 11) is 2.24. The summed E-state index contributed by atoms with van der Waals surface area (Å²) in [6.45, 7) is 7.77. The van der Waals surface area contributed by atoms with Crippen LogP contribution in [0.1, 0.15) is 46.0 Å². The normalized spacial score (nSPS) is 18.2. The van der Waals surface area contributed by atoms with Crippen LogP contribution in [0.3, 0.4) is 0 Å². The molecule has 15 heavy (non-hydrogen) atoms. The van der Waals surface area contributed by atoms with Gasteiger partial charge in [0.25, 0.3) is 0 Å². The van der Waals surface area contributed by atoms with E-state index >= 15 is 0 Å². The van der Waals surface area contributed by atoms with Crippen molar-refractivity contribution < 1.29 is 0 Å². The molecule has 0 spiro atoms. The topological polar surface area (TPSA) is 29.3 Å². The largest absolute Gasteiger partial charge is 0.330 e. The van der Waals surface area contributed by atoms with E-state index in [1.807, 2.05) is 0 Å². The summed E-state index contributed by atoms with van der Waals surface area (Å²) >= 11 is 0. The van der Waals surface area contributed by atoms with Crippen molar-refractivity contribution in [1.29, 1.82) is 0 Å². The van der Waals surface area contributed by atoms with Gasteiger partial charge in [0.05, 0.1) is 0 Å². The summed E-state index contributed by atoms with van der Waals surface area (Å²) in [5.41, 5.74) is 6.04. The zero-order valence-corrected chi connectivity index (χ0v) is 10.8. The summed E-state index contributed by atoms with van der Waals surface area (Å²) in [6.07, 6.45) is 7.03. The molecule has 0 unspecified atom stereocenters. The fraction of sp³-hybridized carbons (Fsp3) is 1.00. The van der Waals surface area contributed by atoms with E-state index < -0.39 is 0 Å². The van der Waals surface area contributed by atoms with Crippen LogP contribution < -0.4 is 5.73 Å². The van der Waals surface area contributed by atoms with Gasteiger partial charge in [-0.2, -0.15) is 0 Å². The molecule has 1 aliphatic carbocycles. The maximum absolute atomic E-state index is 5.73. The highest BCUT2D eigenvalue weighted by atomic mass is 15.1. The van der Waals surface area contributed by atoms with Crippen molar-refractivity contribution in [2.75, 3.05) is 26.7 Å². The standard InChI is InChI=1S/C13H28N2/c1-13(2,11-14)8-10-15(3)9-7-12-5-4-6-12/h12H,4-11,14H2,1-3H3. The lowest BCUT2D eigenvalue weighted by molar-refractivity contribution is 0.214. The molecule has 1 saturated carbocycles. The molecule has 1 aliphatic rings. The minimum Gasteiger partial charge on any atom is -0.330 e. The Balaban J connectivity index is 2.04. The SMILES string of the molecule is CN(CCC1CCC1)CCC(C)(C)CN. The number of hydrogen-bond acceptors (Lipinski definition) is 2. The molecule has 0 aromatic rings. The second-order valence-corrected chi connectivity index (χ2v) is 6.01. The Morgan fingerprint density at radius 2 is 1.93 bits per heavy atom. The van der Waals surface area contributed by atoms with Crippen molar-refractivity contribution in [2.45, 2.75) is 46.0 Å². The minimum atomic E-state index is 0.310. The van der Waals surface area contributed by atoms with Crippen molar-refractivity contribution in [3.63, 3.8) is 0 Å². The maximum atomic E-state index is 5.73. The molecule has 0 radical (unpaired) electrons. The Morgan fingerprint density at radius 3 is 2.40 bits per heavy atom. The van der Waals surface area contributed by atoms with Gasteiger partial charge in [0.2, 0.25) is 0 Å². The van der Waals surface area contributed by atoms with Crippen LogP contribution in [0, 0.1) is 11.3 Å². The Labute approximate surface area is 95.2 Å². The predicted molar refractivity (Wildman–Crippen MR) is 66.9 cm³/mol. The van der Waals surface area contributed by atoms with Crippen molar-refractivity contribution in [1.82, 2.24) is 4.90 Å². The molecular weight excluding hydrogens is 184 g/mol. The number of nitrogens with zero attached hydrogens (tertiary/aromatic N) is 1. The van der Waals surface area contributed by atoms with E-state index in [0.717, 1.165) is 12.5 Å². The molecule has 2 N–H and O–H groups in total. The summed E-state index contributed by atoms with van der Waals surface area (Å²) in [5.74, 6) is 1.04. The highest BCUT2D eigenvalue weighted by Gasteiger charge is 2.19. The predicted octanol–water partition coefficient (Wildman–Crippen LogP) is 2.48. The van der Waals surface area contributed by atoms with E-state index in [4.69, 9.17) is 5.73 Å². The molecule has 0 heterocycles. The first-order chi connectivity index (χ1) is 7.03. The van der Waals surface area contributed by atoms with Gasteiger partial charge in [-0.1, -0.05) is 33.1 Å². The van der Waals surface area contributed by atoms with Crippen LogP contribution in [0.5, 0.6) is 0 Å². The van der Waals surface area contributed by atoms with Gasteiger partial charge in [-0.25, -0.2) is 0 Å². The lowest BCUT2D eigenvalue weighted by Crippen LogP contribution is -2.31. The van der Waals surface area contributed by atoms with Crippen LogP contribution in [0.25, 0.3) is 0 Å². The van der Waals surface area contributed by atoms with Gasteiger partial charge in [-0.3, -0.25) is 0 Å². The van der Waals surface area contributed by atoms with Gasteiger partial charge >= 0.3 is 0 Å². The van der Waals surface area contributed by atoms with Crippen molar-refractivity contribution >= 4 is 0 Å². The average molecular weight is 212 g/mol. The molecule has 2 heteroatoms. The van der Waals surface area contributed by atoms with Crippen LogP contribution in [0.4, 0.5) is 0 Å². The highest BCUT2D eigenvalue weighted by molar-refractivity contribution is 4.73. The van der Waals surface area contributed by atoms with Crippen LogP contribution >= 0.6 is 0 Å². The van der Waals surface area contributed by atoms with Crippen LogP contribution in [0.2, 0.25) is 0 Å². The fourth-order valence-corrected chi connectivity index (χ4v) is 1.89. The Hall–Kier alpha value is -0.0800. The van der Waals surface area contributed by atoms with Crippen molar-refractivity contribution in [2.24, 2.45) is 17.1 Å². The van der Waals surface area contributed by atoms with Crippen LogP contribution in [-0.2, 0) is 0 Å². The molecule has 0 aromatic heterocycles. The van der Waals surface area contributed by atoms with Gasteiger partial charge in [0, 0.05) is 0 Å². The van der Waals surface area contributed by atoms with E-state index in [9.17, 15) is 0 Å². The second-order valence-electron chi connectivity index (χ2n) is 6.01. The molecule has 0 amide bonds. The van der Waals surface area contributed by atoms with Gasteiger partial charge in [0.1, 0.15) is 0 Å². The molecular formula is C13H28N2. The summed E-state index contributed by atoms with van der Waals surface area (Å²) in [5, 5.41) is 0. The minimum absolute atomic E-state index is 0.310. The zero-order valence-electron chi connectivity index (χ0n) is 10.8. The highest BCUT2D eigenvalue weighted by Crippen LogP contribution is 2.29. The first-order valence-corrected chi connectivity index (χ1v) is 6.42. The summed E-state index contributed by atoms with van der Waals surface area (Å²) < 4.78 is 0. The van der Waals surface area contributed by atoms with Crippen molar-refractivity contribution in [3.05, 3.63) is 0 Å². The summed E-state index contributed by atoms with van der Waals surface area (Å²) in [6, 6.07) is 0. The van der Waals surface area contributed by atoms with E-state index in [1.165, 1.54) is 45.2 Å². The Bertz CT molecular complexity index is 173. The fourth-order valence-electron chi connectivity index (χ4n) is 1.89. The molecule has 1 fully saturated rings. The third kappa shape index (κ3) is 4.98. The summed E-state index contributed by atoms with van der Waals surface area (Å²) in [4.78, 5) is 2.47. The lowest BCUT2D eigenvalue weighted by Gasteiger charge is -2.29. The molecule has 0 saturated heterocycles. The number of rotatable bonds is 7. The molecule has 0 aliphatic heterocycles. The maximum Gasteiger partial charge on any atom is -0.00162 e. The molecule has 0 atom stereocenters. The first kappa shape index (κ1) is 13.0. The lowest BCUT2D eigenvalue weighted by atomic mass is 9.83. The van der Waals surface area contributed by atoms with Gasteiger partial charge in [0.15, 0.2) is 0 Å². The van der Waals surface area contributed by atoms with Gasteiger partial charge < -0.3 is 10.6 Å². The Kier molecular flexibility index (Phi) is 5.07. The van der Waals surface area contributed by atoms with Crippen LogP contribution in [0.15, 0.2) is 0 Å². The molecule has 0 aromatic carbocycles.